The molecular weight excluding hydrogens is 354 g/mol. The molecule has 0 unspecified atom stereocenters. The number of likely N-dealkylation sites (N-methyl/N-ethyl adjacent to an activating group) is 1. The van der Waals surface area contributed by atoms with Gasteiger partial charge in [0.1, 0.15) is 0 Å². The van der Waals surface area contributed by atoms with Gasteiger partial charge in [-0.05, 0) is 52.9 Å². The zero-order valence-electron chi connectivity index (χ0n) is 15.3. The third kappa shape index (κ3) is 3.01. The van der Waals surface area contributed by atoms with Crippen LogP contribution < -0.4 is 4.90 Å². The smallest absolute Gasteiger partial charge is 0.335 e. The van der Waals surface area contributed by atoms with E-state index >= 15 is 0 Å². The number of carboxylic acid groups (broad SMARTS) is 2. The molecule has 2 N–H and O–H groups in total. The zero-order chi connectivity index (χ0) is 19.8. The third-order valence-electron chi connectivity index (χ3n) is 5.25. The van der Waals surface area contributed by atoms with Crippen LogP contribution in [0.4, 0.5) is 5.69 Å². The molecule has 0 bridgehead atoms. The van der Waals surface area contributed by atoms with E-state index in [0.29, 0.717) is 0 Å². The van der Waals surface area contributed by atoms with E-state index in [1.165, 1.54) is 5.56 Å². The second-order valence-electron chi connectivity index (χ2n) is 6.92. The van der Waals surface area contributed by atoms with Crippen LogP contribution in [0.2, 0.25) is 0 Å². The Kier molecular flexibility index (Phi) is 4.35. The Morgan fingerprint density at radius 2 is 1.21 bits per heavy atom. The van der Waals surface area contributed by atoms with Gasteiger partial charge >= 0.3 is 11.9 Å². The Morgan fingerprint density at radius 3 is 1.71 bits per heavy atom. The van der Waals surface area contributed by atoms with Crippen LogP contribution >= 0.6 is 0 Å². The summed E-state index contributed by atoms with van der Waals surface area (Å²) in [7, 11) is 2.05. The van der Waals surface area contributed by atoms with Crippen LogP contribution in [0.1, 0.15) is 26.3 Å². The molecule has 5 heteroatoms. The van der Waals surface area contributed by atoms with Crippen LogP contribution in [0.25, 0.3) is 22.3 Å². The normalized spacial score (nSPS) is 12.7. The van der Waals surface area contributed by atoms with Gasteiger partial charge in [-0.25, -0.2) is 9.59 Å². The van der Waals surface area contributed by atoms with Gasteiger partial charge in [0.05, 0.1) is 11.1 Å². The van der Waals surface area contributed by atoms with Gasteiger partial charge in [-0.1, -0.05) is 36.4 Å². The predicted octanol–water partition coefficient (Wildman–Crippen LogP) is 4.41. The highest BCUT2D eigenvalue weighted by atomic mass is 16.4. The lowest BCUT2D eigenvalue weighted by molar-refractivity contribution is 0.0686. The minimum Gasteiger partial charge on any atom is -0.478 e. The van der Waals surface area contributed by atoms with E-state index in [-0.39, 0.29) is 11.1 Å². The summed E-state index contributed by atoms with van der Waals surface area (Å²) in [6.07, 6.45) is 0.906. The van der Waals surface area contributed by atoms with Gasteiger partial charge in [-0.15, -0.1) is 0 Å². The minimum atomic E-state index is -0.936. The molecule has 0 aliphatic carbocycles. The number of hydrogen-bond donors (Lipinski definition) is 2. The third-order valence-corrected chi connectivity index (χ3v) is 5.25. The summed E-state index contributed by atoms with van der Waals surface area (Å²) in [6, 6.07) is 18.0. The van der Waals surface area contributed by atoms with Crippen molar-refractivity contribution in [1.29, 1.82) is 0 Å². The number of carboxylic acids is 2. The number of hydrogen-bond acceptors (Lipinski definition) is 3. The summed E-state index contributed by atoms with van der Waals surface area (Å²) in [5, 5.41) is 18.2. The molecule has 0 amide bonds. The molecule has 0 atom stereocenters. The first-order chi connectivity index (χ1) is 13.5. The molecule has 3 aromatic carbocycles. The molecule has 140 valence electrons. The zero-order valence-corrected chi connectivity index (χ0v) is 15.3. The van der Waals surface area contributed by atoms with Crippen molar-refractivity contribution in [2.75, 3.05) is 18.5 Å². The van der Waals surface area contributed by atoms with Gasteiger partial charge in [-0.3, -0.25) is 0 Å². The lowest BCUT2D eigenvalue weighted by Gasteiger charge is -2.19. The van der Waals surface area contributed by atoms with Gasteiger partial charge < -0.3 is 15.1 Å². The fourth-order valence-corrected chi connectivity index (χ4v) is 3.80. The van der Waals surface area contributed by atoms with Gasteiger partial charge in [0.15, 0.2) is 0 Å². The average molecular weight is 373 g/mol. The van der Waals surface area contributed by atoms with Crippen molar-refractivity contribution >= 4 is 17.6 Å². The highest BCUT2D eigenvalue weighted by molar-refractivity contribution is 5.92. The molecule has 0 radical (unpaired) electrons. The van der Waals surface area contributed by atoms with Crippen LogP contribution in [0.15, 0.2) is 60.7 Å². The number of rotatable bonds is 4. The fourth-order valence-electron chi connectivity index (χ4n) is 3.80. The van der Waals surface area contributed by atoms with Crippen molar-refractivity contribution in [2.24, 2.45) is 0 Å². The molecule has 1 aliphatic rings. The Labute approximate surface area is 162 Å². The van der Waals surface area contributed by atoms with Crippen molar-refractivity contribution in [3.05, 3.63) is 77.4 Å². The quantitative estimate of drug-likeness (QED) is 0.708. The first kappa shape index (κ1) is 17.8. The van der Waals surface area contributed by atoms with Gasteiger partial charge in [0, 0.05) is 24.8 Å². The number of fused-ring (bicyclic) bond motifs is 1. The van der Waals surface area contributed by atoms with E-state index in [9.17, 15) is 9.59 Å². The SMILES string of the molecule is CN1CCc2c(-c3ccc(C(=O)O)cc3)ccc(-c3ccc(C(=O)O)cc3)c21. The minimum absolute atomic E-state index is 0.267. The Bertz CT molecular complexity index is 1070. The number of nitrogens with zero attached hydrogens (tertiary/aromatic N) is 1. The molecule has 3 aromatic rings. The fraction of sp³-hybridized carbons (Fsp3) is 0.130. The van der Waals surface area contributed by atoms with Crippen LogP contribution in [0, 0.1) is 0 Å². The summed E-state index contributed by atoms with van der Waals surface area (Å²) in [5.41, 5.74) is 7.04. The molecule has 0 aromatic heterocycles. The standard InChI is InChI=1S/C23H19NO4/c1-24-13-12-20-18(14-2-6-16(7-3-14)22(25)26)10-11-19(21(20)24)15-4-8-17(9-5-15)23(27)28/h2-11H,12-13H2,1H3,(H,25,26)(H,27,28). The molecule has 1 heterocycles. The van der Waals surface area contributed by atoms with Crippen molar-refractivity contribution < 1.29 is 19.8 Å². The maximum atomic E-state index is 11.1. The van der Waals surface area contributed by atoms with Crippen LogP contribution in [-0.2, 0) is 6.42 Å². The topological polar surface area (TPSA) is 77.8 Å². The molecule has 0 saturated heterocycles. The second kappa shape index (κ2) is 6.85. The Balaban J connectivity index is 1.80. The van der Waals surface area contributed by atoms with Gasteiger partial charge in [-0.2, -0.15) is 0 Å². The maximum Gasteiger partial charge on any atom is 0.335 e. The van der Waals surface area contributed by atoms with Crippen LogP contribution in [-0.4, -0.2) is 35.7 Å². The number of benzene rings is 3. The first-order valence-electron chi connectivity index (χ1n) is 9.00. The lowest BCUT2D eigenvalue weighted by atomic mass is 9.92. The van der Waals surface area contributed by atoms with Crippen molar-refractivity contribution in [1.82, 2.24) is 0 Å². The molecule has 0 fully saturated rings. The summed E-state index contributed by atoms with van der Waals surface area (Å²) in [4.78, 5) is 24.4. The van der Waals surface area contributed by atoms with Crippen LogP contribution in [0.5, 0.6) is 0 Å². The molecule has 0 saturated carbocycles. The lowest BCUT2D eigenvalue weighted by Crippen LogP contribution is -2.13. The van der Waals surface area contributed by atoms with E-state index in [1.54, 1.807) is 24.3 Å². The average Bonchev–Trinajstić information content (AvgIpc) is 3.09. The number of aromatic carboxylic acids is 2. The highest BCUT2D eigenvalue weighted by Gasteiger charge is 2.24. The summed E-state index contributed by atoms with van der Waals surface area (Å²) in [6.45, 7) is 0.903. The highest BCUT2D eigenvalue weighted by Crippen LogP contribution is 2.42. The largest absolute Gasteiger partial charge is 0.478 e. The first-order valence-corrected chi connectivity index (χ1v) is 9.00. The Morgan fingerprint density at radius 1 is 0.750 bits per heavy atom. The van der Waals surface area contributed by atoms with E-state index < -0.39 is 11.9 Å². The van der Waals surface area contributed by atoms with E-state index in [4.69, 9.17) is 10.2 Å². The van der Waals surface area contributed by atoms with E-state index in [0.717, 1.165) is 40.9 Å². The van der Waals surface area contributed by atoms with E-state index in [1.807, 2.05) is 24.3 Å². The van der Waals surface area contributed by atoms with Crippen molar-refractivity contribution in [2.45, 2.75) is 6.42 Å². The molecular formula is C23H19NO4. The maximum absolute atomic E-state index is 11.1. The molecule has 1 aliphatic heterocycles. The van der Waals surface area contributed by atoms with E-state index in [2.05, 4.69) is 24.1 Å². The Hall–Kier alpha value is -3.60. The number of anilines is 1. The summed E-state index contributed by atoms with van der Waals surface area (Å²) in [5.74, 6) is -1.87. The van der Waals surface area contributed by atoms with Crippen LogP contribution in [0.3, 0.4) is 0 Å². The predicted molar refractivity (Wildman–Crippen MR) is 108 cm³/mol. The molecule has 4 rings (SSSR count). The van der Waals surface area contributed by atoms with Crippen molar-refractivity contribution in [3.63, 3.8) is 0 Å². The number of carbonyl (C=O) groups is 2. The second-order valence-corrected chi connectivity index (χ2v) is 6.92. The summed E-state index contributed by atoms with van der Waals surface area (Å²) < 4.78 is 0. The molecule has 28 heavy (non-hydrogen) atoms. The monoisotopic (exact) mass is 373 g/mol. The van der Waals surface area contributed by atoms with Crippen molar-refractivity contribution in [3.8, 4) is 22.3 Å². The molecule has 5 nitrogen and oxygen atoms in total. The molecule has 0 spiro atoms. The van der Waals surface area contributed by atoms with Gasteiger partial charge in [0.2, 0.25) is 0 Å². The summed E-state index contributed by atoms with van der Waals surface area (Å²) >= 11 is 0. The van der Waals surface area contributed by atoms with Gasteiger partial charge in [0.25, 0.3) is 0 Å².